The number of likely N-dealkylation sites (tertiary alicyclic amines) is 1. The van der Waals surface area contributed by atoms with Gasteiger partial charge in [0.2, 0.25) is 0 Å². The fourth-order valence-electron chi connectivity index (χ4n) is 3.95. The fraction of sp³-hybridized carbons (Fsp3) is 0.500. The number of hydrogen-bond donors (Lipinski definition) is 2. The number of para-hydroxylation sites is 1. The van der Waals surface area contributed by atoms with E-state index in [1.807, 2.05) is 39.0 Å². The van der Waals surface area contributed by atoms with Crippen LogP contribution in [0.2, 0.25) is 0 Å². The maximum Gasteiger partial charge on any atom is 0.412 e. The van der Waals surface area contributed by atoms with Crippen molar-refractivity contribution < 1.29 is 9.53 Å². The topological polar surface area (TPSA) is 53.6 Å². The Morgan fingerprint density at radius 2 is 1.74 bits per heavy atom. The summed E-state index contributed by atoms with van der Waals surface area (Å²) in [7, 11) is 0. The van der Waals surface area contributed by atoms with E-state index in [1.54, 1.807) is 0 Å². The van der Waals surface area contributed by atoms with Gasteiger partial charge in [0.1, 0.15) is 5.60 Å². The molecule has 0 spiro atoms. The van der Waals surface area contributed by atoms with Gasteiger partial charge < -0.3 is 15.0 Å². The third-order valence-corrected chi connectivity index (χ3v) is 5.58. The number of amides is 1. The van der Waals surface area contributed by atoms with E-state index in [1.165, 1.54) is 24.1 Å². The van der Waals surface area contributed by atoms with Crippen molar-refractivity contribution >= 4 is 17.5 Å². The van der Waals surface area contributed by atoms with Crippen LogP contribution in [0.25, 0.3) is 0 Å². The summed E-state index contributed by atoms with van der Waals surface area (Å²) in [6, 6.07) is 17.2. The third kappa shape index (κ3) is 7.91. The van der Waals surface area contributed by atoms with Gasteiger partial charge in [0, 0.05) is 30.5 Å². The zero-order valence-corrected chi connectivity index (χ0v) is 19.4. The van der Waals surface area contributed by atoms with Crippen molar-refractivity contribution in [3.05, 3.63) is 59.7 Å². The molecule has 0 unspecified atom stereocenters. The molecule has 1 fully saturated rings. The zero-order valence-electron chi connectivity index (χ0n) is 19.4. The van der Waals surface area contributed by atoms with Crippen LogP contribution in [0.5, 0.6) is 0 Å². The summed E-state index contributed by atoms with van der Waals surface area (Å²) >= 11 is 0. The summed E-state index contributed by atoms with van der Waals surface area (Å²) in [4.78, 5) is 14.7. The van der Waals surface area contributed by atoms with E-state index < -0.39 is 11.7 Å². The first-order valence-corrected chi connectivity index (χ1v) is 11.4. The van der Waals surface area contributed by atoms with E-state index >= 15 is 0 Å². The summed E-state index contributed by atoms with van der Waals surface area (Å²) in [5.41, 5.74) is 4.02. The highest BCUT2D eigenvalue weighted by molar-refractivity contribution is 5.85. The molecule has 2 N–H and O–H groups in total. The van der Waals surface area contributed by atoms with Gasteiger partial charge in [-0.3, -0.25) is 5.32 Å². The standard InChI is InChI=1S/C26H37N3O2/c1-20-11-13-22(14-12-20)27-23-15-18-29(19-16-23)17-7-9-21-8-5-6-10-24(21)28-25(30)31-26(2,3)4/h5-6,8,10-14,23,27H,7,9,15-19H2,1-4H3,(H,28,30). The van der Waals surface area contributed by atoms with Gasteiger partial charge in [0.25, 0.3) is 0 Å². The number of aryl methyl sites for hydroxylation is 2. The Labute approximate surface area is 187 Å². The number of anilines is 2. The predicted octanol–water partition coefficient (Wildman–Crippen LogP) is 5.85. The van der Waals surface area contributed by atoms with Crippen LogP contribution in [0.15, 0.2) is 48.5 Å². The zero-order chi connectivity index (χ0) is 22.3. The molecule has 0 atom stereocenters. The quantitative estimate of drug-likeness (QED) is 0.586. The first-order chi connectivity index (χ1) is 14.8. The van der Waals surface area contributed by atoms with Crippen molar-refractivity contribution in [2.45, 2.75) is 65.0 Å². The number of piperidine rings is 1. The first-order valence-electron chi connectivity index (χ1n) is 11.4. The second kappa shape index (κ2) is 10.7. The van der Waals surface area contributed by atoms with Gasteiger partial charge in [-0.2, -0.15) is 0 Å². The molecular weight excluding hydrogens is 386 g/mol. The van der Waals surface area contributed by atoms with Gasteiger partial charge in [-0.15, -0.1) is 0 Å². The number of rotatable bonds is 7. The fourth-order valence-corrected chi connectivity index (χ4v) is 3.95. The Bertz CT molecular complexity index is 834. The van der Waals surface area contributed by atoms with Crippen LogP contribution >= 0.6 is 0 Å². The van der Waals surface area contributed by atoms with Crippen LogP contribution < -0.4 is 10.6 Å². The summed E-state index contributed by atoms with van der Waals surface area (Å²) < 4.78 is 5.39. The maximum atomic E-state index is 12.1. The molecule has 0 aliphatic carbocycles. The number of carbonyl (C=O) groups is 1. The molecule has 1 amide bonds. The lowest BCUT2D eigenvalue weighted by molar-refractivity contribution is 0.0636. The highest BCUT2D eigenvalue weighted by Gasteiger charge is 2.19. The Kier molecular flexibility index (Phi) is 7.97. The van der Waals surface area contributed by atoms with Crippen molar-refractivity contribution in [3.8, 4) is 0 Å². The minimum atomic E-state index is -0.501. The molecule has 0 saturated carbocycles. The van der Waals surface area contributed by atoms with Crippen molar-refractivity contribution in [2.75, 3.05) is 30.3 Å². The summed E-state index contributed by atoms with van der Waals surface area (Å²) in [6.45, 7) is 11.1. The molecule has 0 aromatic heterocycles. The molecule has 1 saturated heterocycles. The SMILES string of the molecule is Cc1ccc(NC2CCN(CCCc3ccccc3NC(=O)OC(C)(C)C)CC2)cc1. The predicted molar refractivity (Wildman–Crippen MR) is 129 cm³/mol. The third-order valence-electron chi connectivity index (χ3n) is 5.58. The van der Waals surface area contributed by atoms with E-state index in [-0.39, 0.29) is 0 Å². The Balaban J connectivity index is 1.41. The van der Waals surface area contributed by atoms with Crippen LogP contribution in [0.3, 0.4) is 0 Å². The van der Waals surface area contributed by atoms with E-state index in [0.717, 1.165) is 43.7 Å². The lowest BCUT2D eigenvalue weighted by atomic mass is 10.0. The molecular formula is C26H37N3O2. The van der Waals surface area contributed by atoms with Crippen molar-refractivity contribution in [1.82, 2.24) is 4.90 Å². The van der Waals surface area contributed by atoms with Crippen LogP contribution in [-0.4, -0.2) is 42.3 Å². The minimum absolute atomic E-state index is 0.400. The van der Waals surface area contributed by atoms with Gasteiger partial charge in [-0.05, 0) is 83.7 Å². The van der Waals surface area contributed by atoms with Crippen LogP contribution in [0.1, 0.15) is 51.2 Å². The van der Waals surface area contributed by atoms with Crippen molar-refractivity contribution in [2.24, 2.45) is 0 Å². The molecule has 3 rings (SSSR count). The number of nitrogens with zero attached hydrogens (tertiary/aromatic N) is 1. The van der Waals surface area contributed by atoms with E-state index in [9.17, 15) is 4.79 Å². The molecule has 5 heteroatoms. The summed E-state index contributed by atoms with van der Waals surface area (Å²) in [6.07, 6.45) is 3.95. The number of hydrogen-bond acceptors (Lipinski definition) is 4. The van der Waals surface area contributed by atoms with Crippen LogP contribution in [-0.2, 0) is 11.2 Å². The monoisotopic (exact) mass is 423 g/mol. The molecule has 1 aliphatic heterocycles. The van der Waals surface area contributed by atoms with E-state index in [0.29, 0.717) is 6.04 Å². The Morgan fingerprint density at radius 1 is 1.06 bits per heavy atom. The summed E-state index contributed by atoms with van der Waals surface area (Å²) in [5, 5.41) is 6.58. The van der Waals surface area contributed by atoms with E-state index in [2.05, 4.69) is 52.8 Å². The van der Waals surface area contributed by atoms with Gasteiger partial charge in [0.15, 0.2) is 0 Å². The van der Waals surface area contributed by atoms with Crippen molar-refractivity contribution in [1.29, 1.82) is 0 Å². The first kappa shape index (κ1) is 23.1. The number of carbonyl (C=O) groups excluding carboxylic acids is 1. The van der Waals surface area contributed by atoms with Gasteiger partial charge in [0.05, 0.1) is 0 Å². The van der Waals surface area contributed by atoms with Crippen molar-refractivity contribution in [3.63, 3.8) is 0 Å². The lowest BCUT2D eigenvalue weighted by Crippen LogP contribution is -2.39. The Hall–Kier alpha value is -2.53. The van der Waals surface area contributed by atoms with Crippen LogP contribution in [0, 0.1) is 6.92 Å². The summed E-state index contributed by atoms with van der Waals surface area (Å²) in [5.74, 6) is 0. The minimum Gasteiger partial charge on any atom is -0.444 e. The Morgan fingerprint density at radius 3 is 2.42 bits per heavy atom. The lowest BCUT2D eigenvalue weighted by Gasteiger charge is -2.33. The number of ether oxygens (including phenoxy) is 1. The van der Waals surface area contributed by atoms with Crippen LogP contribution in [0.4, 0.5) is 16.2 Å². The molecule has 2 aromatic rings. The maximum absolute atomic E-state index is 12.1. The number of benzene rings is 2. The van der Waals surface area contributed by atoms with Gasteiger partial charge >= 0.3 is 6.09 Å². The largest absolute Gasteiger partial charge is 0.444 e. The molecule has 1 aliphatic rings. The number of nitrogens with one attached hydrogen (secondary N) is 2. The smallest absolute Gasteiger partial charge is 0.412 e. The second-order valence-corrected chi connectivity index (χ2v) is 9.51. The normalized spacial score (nSPS) is 15.5. The highest BCUT2D eigenvalue weighted by Crippen LogP contribution is 2.20. The highest BCUT2D eigenvalue weighted by atomic mass is 16.6. The molecule has 168 valence electrons. The molecule has 5 nitrogen and oxygen atoms in total. The average molecular weight is 424 g/mol. The van der Waals surface area contributed by atoms with Gasteiger partial charge in [-0.1, -0.05) is 35.9 Å². The molecule has 2 aromatic carbocycles. The molecule has 1 heterocycles. The average Bonchev–Trinajstić information content (AvgIpc) is 2.71. The second-order valence-electron chi connectivity index (χ2n) is 9.51. The van der Waals surface area contributed by atoms with E-state index in [4.69, 9.17) is 4.74 Å². The molecule has 0 radical (unpaired) electrons. The van der Waals surface area contributed by atoms with Gasteiger partial charge in [-0.25, -0.2) is 4.79 Å². The molecule has 0 bridgehead atoms. The molecule has 31 heavy (non-hydrogen) atoms.